The quantitative estimate of drug-likeness (QED) is 0.742. The van der Waals surface area contributed by atoms with Gasteiger partial charge in [0.2, 0.25) is 0 Å². The number of rotatable bonds is 3. The summed E-state index contributed by atoms with van der Waals surface area (Å²) in [6.07, 6.45) is 0.610. The van der Waals surface area contributed by atoms with Gasteiger partial charge in [0.15, 0.2) is 0 Å². The summed E-state index contributed by atoms with van der Waals surface area (Å²) in [7, 11) is 0. The fraction of sp³-hybridized carbons (Fsp3) is 0.500. The third-order valence-electron chi connectivity index (χ3n) is 4.49. The standard InChI is InChI=1S/C18H24N2O2.Y/c1-6-15-9-20(17(21)22-15)14-7-12(2)16(13(3)8-14)19-10-18(4,5)11-19;/h7-8,15H,4-6,9-11H2,1-3H3;/q-2;/t15-;/m0./s1. The molecule has 2 aliphatic rings. The second-order valence-corrected chi connectivity index (χ2v) is 6.81. The molecular weight excluding hydrogens is 365 g/mol. The van der Waals surface area contributed by atoms with Gasteiger partial charge in [-0.25, -0.2) is 4.79 Å². The van der Waals surface area contributed by atoms with Crippen molar-refractivity contribution in [1.82, 2.24) is 0 Å². The molecule has 2 saturated heterocycles. The van der Waals surface area contributed by atoms with Crippen LogP contribution in [0.15, 0.2) is 12.1 Å². The van der Waals surface area contributed by atoms with Crippen LogP contribution in [-0.4, -0.2) is 31.8 Å². The van der Waals surface area contributed by atoms with Gasteiger partial charge in [0.05, 0.1) is 6.54 Å². The van der Waals surface area contributed by atoms with E-state index in [9.17, 15) is 4.79 Å². The number of carbonyl (C=O) groups is 1. The van der Waals surface area contributed by atoms with Crippen molar-refractivity contribution in [2.75, 3.05) is 29.4 Å². The first-order chi connectivity index (χ1) is 10.3. The minimum absolute atomic E-state index is 0. The van der Waals surface area contributed by atoms with Crippen LogP contribution in [0.25, 0.3) is 0 Å². The van der Waals surface area contributed by atoms with Gasteiger partial charge in [-0.2, -0.15) is 0 Å². The number of amides is 1. The van der Waals surface area contributed by atoms with E-state index in [1.54, 1.807) is 4.90 Å². The molecular formula is C18H24N2O2Y-2. The molecule has 0 spiro atoms. The maximum absolute atomic E-state index is 12.0. The number of carbonyl (C=O) groups excluding carboxylic acids is 1. The Kier molecular flexibility index (Phi) is 5.47. The maximum Gasteiger partial charge on any atom is 0.414 e. The van der Waals surface area contributed by atoms with Crippen LogP contribution in [0.4, 0.5) is 16.2 Å². The van der Waals surface area contributed by atoms with Crippen LogP contribution < -0.4 is 9.80 Å². The second kappa shape index (κ2) is 6.72. The number of benzene rings is 1. The SMILES string of the molecule is [CH2-]C1([CH2-])CN(c2c(C)cc(N3C[C@H](CC)OC3=O)cc2C)C1.[Y]. The van der Waals surface area contributed by atoms with Gasteiger partial charge in [0, 0.05) is 44.1 Å². The summed E-state index contributed by atoms with van der Waals surface area (Å²) in [4.78, 5) is 16.1. The number of hydrogen-bond donors (Lipinski definition) is 0. The topological polar surface area (TPSA) is 32.8 Å². The third kappa shape index (κ3) is 3.58. The van der Waals surface area contributed by atoms with E-state index in [0.29, 0.717) is 6.54 Å². The van der Waals surface area contributed by atoms with Crippen molar-refractivity contribution in [2.45, 2.75) is 33.3 Å². The van der Waals surface area contributed by atoms with Crippen LogP contribution in [0, 0.1) is 33.1 Å². The summed E-state index contributed by atoms with van der Waals surface area (Å²) in [6.45, 7) is 16.8. The van der Waals surface area contributed by atoms with Crippen LogP contribution in [0.5, 0.6) is 0 Å². The van der Waals surface area contributed by atoms with E-state index < -0.39 is 0 Å². The van der Waals surface area contributed by atoms with E-state index >= 15 is 0 Å². The molecule has 1 aromatic rings. The Morgan fingerprint density at radius 1 is 1.26 bits per heavy atom. The first kappa shape index (κ1) is 18.7. The van der Waals surface area contributed by atoms with Crippen LogP contribution in [0.1, 0.15) is 24.5 Å². The van der Waals surface area contributed by atoms with Crippen molar-refractivity contribution in [3.63, 3.8) is 0 Å². The third-order valence-corrected chi connectivity index (χ3v) is 4.49. The molecule has 2 heterocycles. The normalized spacial score (nSPS) is 22.5. The molecule has 1 atom stereocenters. The Bertz CT molecular complexity index is 584. The van der Waals surface area contributed by atoms with Crippen LogP contribution >= 0.6 is 0 Å². The minimum Gasteiger partial charge on any atom is -0.444 e. The molecule has 2 fully saturated rings. The number of anilines is 2. The largest absolute Gasteiger partial charge is 0.444 e. The van der Waals surface area contributed by atoms with E-state index in [-0.39, 0.29) is 50.3 Å². The summed E-state index contributed by atoms with van der Waals surface area (Å²) < 4.78 is 5.35. The summed E-state index contributed by atoms with van der Waals surface area (Å²) in [5, 5.41) is 0. The second-order valence-electron chi connectivity index (χ2n) is 6.81. The fourth-order valence-electron chi connectivity index (χ4n) is 3.45. The zero-order chi connectivity index (χ0) is 16.1. The van der Waals surface area contributed by atoms with E-state index in [1.165, 1.54) is 16.8 Å². The minimum atomic E-state index is -0.239. The van der Waals surface area contributed by atoms with Gasteiger partial charge >= 0.3 is 6.09 Å². The molecule has 1 aromatic carbocycles. The Morgan fingerprint density at radius 2 is 1.83 bits per heavy atom. The van der Waals surface area contributed by atoms with Crippen LogP contribution in [0.2, 0.25) is 0 Å². The van der Waals surface area contributed by atoms with Crippen molar-refractivity contribution in [3.8, 4) is 0 Å². The van der Waals surface area contributed by atoms with Crippen molar-refractivity contribution in [2.24, 2.45) is 5.41 Å². The Hall–Kier alpha value is -0.606. The smallest absolute Gasteiger partial charge is 0.414 e. The van der Waals surface area contributed by atoms with Gasteiger partial charge in [-0.15, -0.1) is 0 Å². The molecule has 0 bridgehead atoms. The summed E-state index contributed by atoms with van der Waals surface area (Å²) in [5.41, 5.74) is 4.43. The van der Waals surface area contributed by atoms with Crippen molar-refractivity contribution >= 4 is 17.5 Å². The summed E-state index contributed by atoms with van der Waals surface area (Å²) >= 11 is 0. The molecule has 1 radical (unpaired) electrons. The maximum atomic E-state index is 12.0. The predicted octanol–water partition coefficient (Wildman–Crippen LogP) is 3.51. The molecule has 0 aromatic heterocycles. The van der Waals surface area contributed by atoms with Gasteiger partial charge in [-0.1, -0.05) is 6.92 Å². The molecule has 2 aliphatic heterocycles. The number of cyclic esters (lactones) is 1. The summed E-state index contributed by atoms with van der Waals surface area (Å²) in [5.74, 6) is 0. The average molecular weight is 389 g/mol. The summed E-state index contributed by atoms with van der Waals surface area (Å²) in [6, 6.07) is 4.15. The van der Waals surface area contributed by atoms with Crippen molar-refractivity contribution in [1.29, 1.82) is 0 Å². The molecule has 123 valence electrons. The average Bonchev–Trinajstić information content (AvgIpc) is 2.77. The Balaban J connectivity index is 0.00000192. The molecule has 5 heteroatoms. The van der Waals surface area contributed by atoms with Gasteiger partial charge in [0.25, 0.3) is 0 Å². The Labute approximate surface area is 164 Å². The number of hydrogen-bond acceptors (Lipinski definition) is 3. The zero-order valence-electron chi connectivity index (χ0n) is 14.3. The van der Waals surface area contributed by atoms with Gasteiger partial charge in [0.1, 0.15) is 6.10 Å². The van der Waals surface area contributed by atoms with E-state index in [4.69, 9.17) is 4.74 Å². The number of aryl methyl sites for hydroxylation is 2. The molecule has 0 unspecified atom stereocenters. The number of ether oxygens (including phenoxy) is 1. The van der Waals surface area contributed by atoms with Crippen LogP contribution in [-0.2, 0) is 37.4 Å². The van der Waals surface area contributed by atoms with Crippen LogP contribution in [0.3, 0.4) is 0 Å². The molecule has 23 heavy (non-hydrogen) atoms. The van der Waals surface area contributed by atoms with Crippen molar-refractivity contribution < 1.29 is 42.2 Å². The van der Waals surface area contributed by atoms with Gasteiger partial charge < -0.3 is 23.5 Å². The van der Waals surface area contributed by atoms with Gasteiger partial charge in [-0.05, 0) is 56.6 Å². The molecule has 0 aliphatic carbocycles. The fourth-order valence-corrected chi connectivity index (χ4v) is 3.45. The van der Waals surface area contributed by atoms with E-state index in [2.05, 4.69) is 44.7 Å². The van der Waals surface area contributed by atoms with E-state index in [1.807, 2.05) is 6.92 Å². The molecule has 0 saturated carbocycles. The first-order valence-electron chi connectivity index (χ1n) is 7.86. The molecule has 4 nitrogen and oxygen atoms in total. The Morgan fingerprint density at radius 3 is 2.26 bits per heavy atom. The van der Waals surface area contributed by atoms with E-state index in [0.717, 1.165) is 25.2 Å². The monoisotopic (exact) mass is 389 g/mol. The zero-order valence-corrected chi connectivity index (χ0v) is 17.1. The van der Waals surface area contributed by atoms with Crippen molar-refractivity contribution in [3.05, 3.63) is 37.1 Å². The first-order valence-corrected chi connectivity index (χ1v) is 7.86. The molecule has 1 amide bonds. The number of nitrogens with zero attached hydrogens (tertiary/aromatic N) is 2. The predicted molar refractivity (Wildman–Crippen MR) is 89.2 cm³/mol. The molecule has 0 N–H and O–H groups in total. The molecule has 3 rings (SSSR count). The van der Waals surface area contributed by atoms with Gasteiger partial charge in [-0.3, -0.25) is 10.3 Å².